The Morgan fingerprint density at radius 1 is 1.27 bits per heavy atom. The fourth-order valence-electron chi connectivity index (χ4n) is 1.76. The Morgan fingerprint density at radius 3 is 2.36 bits per heavy atom. The molecule has 1 amide bonds. The maximum Gasteiger partial charge on any atom is 0.407 e. The molecule has 1 aromatic carbocycles. The molecule has 0 fully saturated rings. The number of carboxylic acids is 1. The molecule has 0 aliphatic heterocycles. The average Bonchev–Trinajstić information content (AvgIpc) is 2.36. The molecule has 5 nitrogen and oxygen atoms in total. The topological polar surface area (TPSA) is 75.6 Å². The number of hydrogen-bond acceptors (Lipinski definition) is 3. The van der Waals surface area contributed by atoms with E-state index in [9.17, 15) is 9.59 Å². The number of nitrogens with one attached hydrogen (secondary N) is 1. The zero-order chi connectivity index (χ0) is 16.8. The highest BCUT2D eigenvalue weighted by atomic mass is 35.5. The third kappa shape index (κ3) is 7.47. The van der Waals surface area contributed by atoms with Crippen molar-refractivity contribution < 1.29 is 19.4 Å². The Hall–Kier alpha value is -1.53. The van der Waals surface area contributed by atoms with E-state index >= 15 is 0 Å². The molecule has 1 aromatic rings. The summed E-state index contributed by atoms with van der Waals surface area (Å²) in [5.41, 5.74) is 0.675. The van der Waals surface area contributed by atoms with Crippen molar-refractivity contribution >= 4 is 31.7 Å². The van der Waals surface area contributed by atoms with Crippen molar-refractivity contribution in [2.24, 2.45) is 0 Å². The molecule has 0 aliphatic carbocycles. The van der Waals surface area contributed by atoms with Gasteiger partial charge in [-0.25, -0.2) is 4.79 Å². The van der Waals surface area contributed by atoms with Gasteiger partial charge in [0.1, 0.15) is 0 Å². The Kier molecular flexibility index (Phi) is 6.89. The van der Waals surface area contributed by atoms with Crippen LogP contribution in [0.3, 0.4) is 0 Å². The molecular weight excluding hydrogens is 322 g/mol. The van der Waals surface area contributed by atoms with Gasteiger partial charge in [-0.15, -0.1) is 0 Å². The van der Waals surface area contributed by atoms with Crippen LogP contribution in [0.15, 0.2) is 24.3 Å². The van der Waals surface area contributed by atoms with Crippen LogP contribution in [0.5, 0.6) is 0 Å². The number of halogens is 1. The van der Waals surface area contributed by atoms with Gasteiger partial charge in [0.25, 0.3) is 0 Å². The normalized spacial score (nSPS) is 12.5. The molecule has 1 atom stereocenters. The molecule has 0 radical (unpaired) electrons. The van der Waals surface area contributed by atoms with Crippen molar-refractivity contribution in [2.45, 2.75) is 38.1 Å². The standard InChI is InChI=1S/C15H22ClNO4Si/c1-22(2,3)9-8-21-15(20)17-13(10-14(18)19)11-4-6-12(16)7-5-11/h4-7,13H,8-10H2,1-3H3,(H,17,20)(H,18,19). The van der Waals surface area contributed by atoms with Gasteiger partial charge in [-0.1, -0.05) is 43.4 Å². The number of carboxylic acid groups (broad SMARTS) is 1. The van der Waals surface area contributed by atoms with Gasteiger partial charge in [0, 0.05) is 13.1 Å². The fourth-order valence-corrected chi connectivity index (χ4v) is 2.60. The van der Waals surface area contributed by atoms with E-state index in [2.05, 4.69) is 25.0 Å². The monoisotopic (exact) mass is 343 g/mol. The van der Waals surface area contributed by atoms with Crippen LogP contribution in [0.25, 0.3) is 0 Å². The number of carbonyl (C=O) groups is 2. The number of benzene rings is 1. The van der Waals surface area contributed by atoms with Gasteiger partial charge >= 0.3 is 12.1 Å². The first-order valence-corrected chi connectivity index (χ1v) is 11.2. The lowest BCUT2D eigenvalue weighted by Gasteiger charge is -2.19. The molecule has 0 aromatic heterocycles. The van der Waals surface area contributed by atoms with Gasteiger partial charge in [-0.2, -0.15) is 0 Å². The minimum Gasteiger partial charge on any atom is -0.481 e. The van der Waals surface area contributed by atoms with Crippen LogP contribution < -0.4 is 5.32 Å². The van der Waals surface area contributed by atoms with Crippen LogP contribution in [0.1, 0.15) is 18.0 Å². The fraction of sp³-hybridized carbons (Fsp3) is 0.467. The van der Waals surface area contributed by atoms with Gasteiger partial charge in [-0.3, -0.25) is 4.79 Å². The second-order valence-electron chi connectivity index (χ2n) is 6.29. The summed E-state index contributed by atoms with van der Waals surface area (Å²) in [6.45, 7) is 6.92. The third-order valence-electron chi connectivity index (χ3n) is 3.03. The molecule has 0 saturated carbocycles. The molecule has 7 heteroatoms. The van der Waals surface area contributed by atoms with Crippen LogP contribution in [-0.2, 0) is 9.53 Å². The van der Waals surface area contributed by atoms with Crippen molar-refractivity contribution in [3.8, 4) is 0 Å². The lowest BCUT2D eigenvalue weighted by atomic mass is 10.0. The number of rotatable bonds is 7. The van der Waals surface area contributed by atoms with Crippen molar-refractivity contribution in [1.82, 2.24) is 5.32 Å². The first-order valence-electron chi connectivity index (χ1n) is 7.08. The Morgan fingerprint density at radius 2 is 1.86 bits per heavy atom. The van der Waals surface area contributed by atoms with Crippen LogP contribution in [0.2, 0.25) is 30.7 Å². The average molecular weight is 344 g/mol. The summed E-state index contributed by atoms with van der Waals surface area (Å²) < 4.78 is 5.14. The summed E-state index contributed by atoms with van der Waals surface area (Å²) in [5, 5.41) is 12.1. The summed E-state index contributed by atoms with van der Waals surface area (Å²) in [6.07, 6.45) is -0.815. The third-order valence-corrected chi connectivity index (χ3v) is 4.98. The second-order valence-corrected chi connectivity index (χ2v) is 12.4. The maximum absolute atomic E-state index is 11.8. The molecular formula is C15H22ClNO4Si. The Bertz CT molecular complexity index is 513. The Labute approximate surface area is 136 Å². The van der Waals surface area contributed by atoms with E-state index in [0.29, 0.717) is 17.2 Å². The molecule has 0 aliphatic rings. The molecule has 1 rings (SSSR count). The van der Waals surface area contributed by atoms with E-state index < -0.39 is 26.2 Å². The summed E-state index contributed by atoms with van der Waals surface area (Å²) >= 11 is 5.81. The zero-order valence-electron chi connectivity index (χ0n) is 13.1. The highest BCUT2D eigenvalue weighted by molar-refractivity contribution is 6.76. The maximum atomic E-state index is 11.8. The minimum atomic E-state index is -1.27. The smallest absolute Gasteiger partial charge is 0.407 e. The van der Waals surface area contributed by atoms with E-state index in [1.54, 1.807) is 24.3 Å². The van der Waals surface area contributed by atoms with Gasteiger partial charge in [0.2, 0.25) is 0 Å². The number of amides is 1. The van der Waals surface area contributed by atoms with Crippen LogP contribution >= 0.6 is 11.6 Å². The number of hydrogen-bond donors (Lipinski definition) is 2. The lowest BCUT2D eigenvalue weighted by molar-refractivity contribution is -0.137. The number of carbonyl (C=O) groups excluding carboxylic acids is 1. The summed E-state index contributed by atoms with van der Waals surface area (Å²) in [7, 11) is -1.27. The SMILES string of the molecule is C[Si](C)(C)CCOC(=O)NC(CC(=O)O)c1ccc(Cl)cc1. The molecule has 22 heavy (non-hydrogen) atoms. The van der Waals surface area contributed by atoms with Crippen molar-refractivity contribution in [2.75, 3.05) is 6.61 Å². The summed E-state index contributed by atoms with van der Waals surface area (Å²) in [4.78, 5) is 22.8. The molecule has 1 unspecified atom stereocenters. The first-order chi connectivity index (χ1) is 10.2. The van der Waals surface area contributed by atoms with E-state index in [1.807, 2.05) is 0 Å². The van der Waals surface area contributed by atoms with E-state index in [-0.39, 0.29) is 6.42 Å². The minimum absolute atomic E-state index is 0.218. The number of ether oxygens (including phenoxy) is 1. The molecule has 122 valence electrons. The highest BCUT2D eigenvalue weighted by Gasteiger charge is 2.20. The van der Waals surface area contributed by atoms with Gasteiger partial charge in [-0.05, 0) is 23.7 Å². The van der Waals surface area contributed by atoms with Crippen molar-refractivity contribution in [3.05, 3.63) is 34.9 Å². The predicted octanol–water partition coefficient (Wildman–Crippen LogP) is 3.92. The Balaban J connectivity index is 2.63. The van der Waals surface area contributed by atoms with E-state index in [4.69, 9.17) is 21.4 Å². The van der Waals surface area contributed by atoms with Crippen molar-refractivity contribution in [1.29, 1.82) is 0 Å². The van der Waals surface area contributed by atoms with Gasteiger partial charge in [0.05, 0.1) is 19.1 Å². The van der Waals surface area contributed by atoms with Crippen LogP contribution in [-0.4, -0.2) is 31.8 Å². The van der Waals surface area contributed by atoms with Crippen LogP contribution in [0.4, 0.5) is 4.79 Å². The predicted molar refractivity (Wildman–Crippen MR) is 89.1 cm³/mol. The van der Waals surface area contributed by atoms with E-state index in [0.717, 1.165) is 6.04 Å². The van der Waals surface area contributed by atoms with Gasteiger partial charge < -0.3 is 15.2 Å². The van der Waals surface area contributed by atoms with E-state index in [1.165, 1.54) is 0 Å². The van der Waals surface area contributed by atoms with Gasteiger partial charge in [0.15, 0.2) is 0 Å². The quantitative estimate of drug-likeness (QED) is 0.736. The first kappa shape index (κ1) is 18.5. The second kappa shape index (κ2) is 8.19. The largest absolute Gasteiger partial charge is 0.481 e. The number of alkyl carbamates (subject to hydrolysis) is 1. The van der Waals surface area contributed by atoms with Crippen LogP contribution in [0, 0.1) is 0 Å². The summed E-state index contributed by atoms with van der Waals surface area (Å²) in [5.74, 6) is -0.998. The molecule has 0 heterocycles. The molecule has 0 spiro atoms. The molecule has 2 N–H and O–H groups in total. The molecule has 0 saturated heterocycles. The molecule has 0 bridgehead atoms. The summed E-state index contributed by atoms with van der Waals surface area (Å²) in [6, 6.07) is 6.92. The highest BCUT2D eigenvalue weighted by Crippen LogP contribution is 2.19. The lowest BCUT2D eigenvalue weighted by Crippen LogP contribution is -2.32. The zero-order valence-corrected chi connectivity index (χ0v) is 14.8. The number of aliphatic carboxylic acids is 1. The van der Waals surface area contributed by atoms with Crippen molar-refractivity contribution in [3.63, 3.8) is 0 Å².